The molecule has 0 saturated heterocycles. The molecule has 0 aromatic rings. The number of likely N-dealkylation sites (N-methyl/N-ethyl adjacent to an activating group) is 2. The van der Waals surface area contributed by atoms with Crippen molar-refractivity contribution in [2.45, 2.75) is 13.8 Å². The maximum Gasteiger partial charge on any atom is 0.00766 e. The average Bonchev–Trinajstić information content (AvgIpc) is 1.81. The predicted molar refractivity (Wildman–Crippen MR) is 37.1 cm³/mol. The maximum absolute atomic E-state index is 3.22. The minimum Gasteiger partial charge on any atom is -0.316 e. The molecule has 0 spiro atoms. The highest BCUT2D eigenvalue weighted by Crippen LogP contribution is 1.56. The third kappa shape index (κ3) is 5.92. The van der Waals surface area contributed by atoms with Crippen molar-refractivity contribution < 1.29 is 0 Å². The standard InChI is InChI=1S/C6H16N2/c1-3-7-5-6-8-4-2/h7-8H,3-6H2,1-2H3. The summed E-state index contributed by atoms with van der Waals surface area (Å²) in [5.74, 6) is 0. The Kier molecular flexibility index (Phi) is 6.85. The summed E-state index contributed by atoms with van der Waals surface area (Å²) in [5.41, 5.74) is 0. The predicted octanol–water partition coefficient (Wildman–Crippen LogP) is 0.205. The Labute approximate surface area is 51.7 Å². The molecule has 0 fully saturated rings. The van der Waals surface area contributed by atoms with Crippen molar-refractivity contribution in [3.8, 4) is 0 Å². The molecule has 0 radical (unpaired) electrons. The molecule has 2 N–H and O–H groups in total. The van der Waals surface area contributed by atoms with Crippen molar-refractivity contribution in [2.75, 3.05) is 26.2 Å². The van der Waals surface area contributed by atoms with Gasteiger partial charge in [0.1, 0.15) is 0 Å². The molecule has 50 valence electrons. The van der Waals surface area contributed by atoms with Crippen molar-refractivity contribution in [3.63, 3.8) is 0 Å². The van der Waals surface area contributed by atoms with Crippen molar-refractivity contribution in [1.82, 2.24) is 10.6 Å². The van der Waals surface area contributed by atoms with Crippen LogP contribution in [0.5, 0.6) is 0 Å². The number of hydrogen-bond acceptors (Lipinski definition) is 2. The third-order valence-corrected chi connectivity index (χ3v) is 0.979. The smallest absolute Gasteiger partial charge is 0.00766 e. The van der Waals surface area contributed by atoms with E-state index in [1.54, 1.807) is 0 Å². The monoisotopic (exact) mass is 116 g/mol. The summed E-state index contributed by atoms with van der Waals surface area (Å²) in [6.07, 6.45) is 0. The highest BCUT2D eigenvalue weighted by molar-refractivity contribution is 4.45. The van der Waals surface area contributed by atoms with E-state index < -0.39 is 0 Å². The molecule has 0 atom stereocenters. The van der Waals surface area contributed by atoms with E-state index in [2.05, 4.69) is 24.5 Å². The normalized spacial score (nSPS) is 9.75. The van der Waals surface area contributed by atoms with Gasteiger partial charge in [-0.25, -0.2) is 0 Å². The lowest BCUT2D eigenvalue weighted by Crippen LogP contribution is -2.26. The molecule has 0 unspecified atom stereocenters. The van der Waals surface area contributed by atoms with E-state index in [-0.39, 0.29) is 0 Å². The second-order valence-electron chi connectivity index (χ2n) is 1.71. The minimum atomic E-state index is 1.07. The fourth-order valence-corrected chi connectivity index (χ4v) is 0.530. The Hall–Kier alpha value is -0.0800. The fraction of sp³-hybridized carbons (Fsp3) is 1.00. The van der Waals surface area contributed by atoms with Crippen molar-refractivity contribution in [1.29, 1.82) is 0 Å². The first-order chi connectivity index (χ1) is 3.91. The van der Waals surface area contributed by atoms with Gasteiger partial charge >= 0.3 is 0 Å². The minimum absolute atomic E-state index is 1.07. The van der Waals surface area contributed by atoms with Crippen LogP contribution in [0.1, 0.15) is 13.8 Å². The van der Waals surface area contributed by atoms with Gasteiger partial charge in [-0.3, -0.25) is 0 Å². The Morgan fingerprint density at radius 3 is 1.50 bits per heavy atom. The Morgan fingerprint density at radius 2 is 1.25 bits per heavy atom. The van der Waals surface area contributed by atoms with Crippen LogP contribution < -0.4 is 10.6 Å². The van der Waals surface area contributed by atoms with Gasteiger partial charge in [0.25, 0.3) is 0 Å². The molecule has 0 saturated carbocycles. The highest BCUT2D eigenvalue weighted by Gasteiger charge is 1.79. The molecule has 0 aliphatic carbocycles. The number of nitrogens with one attached hydrogen (secondary N) is 2. The van der Waals surface area contributed by atoms with Crippen molar-refractivity contribution in [3.05, 3.63) is 0 Å². The molecule has 8 heavy (non-hydrogen) atoms. The Bertz CT molecular complexity index is 31.5. The van der Waals surface area contributed by atoms with Crippen LogP contribution in [-0.4, -0.2) is 26.2 Å². The van der Waals surface area contributed by atoms with Gasteiger partial charge in [0.2, 0.25) is 0 Å². The van der Waals surface area contributed by atoms with Gasteiger partial charge in [-0.15, -0.1) is 0 Å². The zero-order chi connectivity index (χ0) is 6.24. The summed E-state index contributed by atoms with van der Waals surface area (Å²) in [6, 6.07) is 0. The highest BCUT2D eigenvalue weighted by atomic mass is 14.9. The van der Waals surface area contributed by atoms with E-state index in [9.17, 15) is 0 Å². The van der Waals surface area contributed by atoms with E-state index in [4.69, 9.17) is 0 Å². The maximum atomic E-state index is 3.22. The van der Waals surface area contributed by atoms with Crippen LogP contribution in [0.4, 0.5) is 0 Å². The third-order valence-electron chi connectivity index (χ3n) is 0.979. The molecule has 0 amide bonds. The van der Waals surface area contributed by atoms with E-state index in [0.717, 1.165) is 26.2 Å². The van der Waals surface area contributed by atoms with Crippen molar-refractivity contribution in [2.24, 2.45) is 0 Å². The molecule has 2 heteroatoms. The second kappa shape index (κ2) is 6.92. The Morgan fingerprint density at radius 1 is 0.875 bits per heavy atom. The first-order valence-corrected chi connectivity index (χ1v) is 3.33. The molecule has 0 aliphatic rings. The summed E-state index contributed by atoms with van der Waals surface area (Å²) in [5, 5.41) is 6.44. The molecule has 0 aromatic heterocycles. The van der Waals surface area contributed by atoms with Crippen LogP contribution in [0.15, 0.2) is 0 Å². The molecule has 0 aromatic carbocycles. The lowest BCUT2D eigenvalue weighted by atomic mass is 10.6. The van der Waals surface area contributed by atoms with Gasteiger partial charge in [0, 0.05) is 13.1 Å². The van der Waals surface area contributed by atoms with Crippen LogP contribution in [0.3, 0.4) is 0 Å². The van der Waals surface area contributed by atoms with Crippen LogP contribution in [0, 0.1) is 0 Å². The SMILES string of the molecule is CCNCCNCC. The summed E-state index contributed by atoms with van der Waals surface area (Å²) in [6.45, 7) is 8.56. The molecule has 2 nitrogen and oxygen atoms in total. The molecule has 0 rings (SSSR count). The molecular formula is C6H16N2. The fourth-order valence-electron chi connectivity index (χ4n) is 0.530. The first-order valence-electron chi connectivity index (χ1n) is 3.33. The summed E-state index contributed by atoms with van der Waals surface area (Å²) in [7, 11) is 0. The second-order valence-corrected chi connectivity index (χ2v) is 1.71. The summed E-state index contributed by atoms with van der Waals surface area (Å²) < 4.78 is 0. The number of rotatable bonds is 5. The van der Waals surface area contributed by atoms with E-state index >= 15 is 0 Å². The van der Waals surface area contributed by atoms with Crippen LogP contribution in [0.2, 0.25) is 0 Å². The molecule has 0 heterocycles. The summed E-state index contributed by atoms with van der Waals surface area (Å²) >= 11 is 0. The van der Waals surface area contributed by atoms with Gasteiger partial charge < -0.3 is 10.6 Å². The lowest BCUT2D eigenvalue weighted by Gasteiger charge is -1.99. The van der Waals surface area contributed by atoms with Crippen LogP contribution in [-0.2, 0) is 0 Å². The van der Waals surface area contributed by atoms with E-state index in [1.165, 1.54) is 0 Å². The first kappa shape index (κ1) is 7.92. The quantitative estimate of drug-likeness (QED) is 0.502. The largest absolute Gasteiger partial charge is 0.316 e. The zero-order valence-electron chi connectivity index (χ0n) is 5.83. The molecule has 0 aliphatic heterocycles. The van der Waals surface area contributed by atoms with Gasteiger partial charge in [-0.05, 0) is 13.1 Å². The lowest BCUT2D eigenvalue weighted by molar-refractivity contribution is 0.641. The van der Waals surface area contributed by atoms with E-state index in [1.807, 2.05) is 0 Å². The average molecular weight is 116 g/mol. The van der Waals surface area contributed by atoms with Gasteiger partial charge in [-0.2, -0.15) is 0 Å². The zero-order valence-corrected chi connectivity index (χ0v) is 5.83. The van der Waals surface area contributed by atoms with Gasteiger partial charge in [0.15, 0.2) is 0 Å². The van der Waals surface area contributed by atoms with Gasteiger partial charge in [-0.1, -0.05) is 13.8 Å². The van der Waals surface area contributed by atoms with Crippen LogP contribution >= 0.6 is 0 Å². The Balaban J connectivity index is 2.53. The van der Waals surface area contributed by atoms with E-state index in [0.29, 0.717) is 0 Å². The topological polar surface area (TPSA) is 24.1 Å². The van der Waals surface area contributed by atoms with Crippen LogP contribution in [0.25, 0.3) is 0 Å². The summed E-state index contributed by atoms with van der Waals surface area (Å²) in [4.78, 5) is 0. The number of hydrogen-bond donors (Lipinski definition) is 2. The van der Waals surface area contributed by atoms with Gasteiger partial charge in [0.05, 0.1) is 0 Å². The van der Waals surface area contributed by atoms with Crippen molar-refractivity contribution >= 4 is 0 Å². The molecule has 0 bridgehead atoms. The molecular weight excluding hydrogens is 100 g/mol.